The molecule has 0 bridgehead atoms. The van der Waals surface area contributed by atoms with E-state index in [4.69, 9.17) is 9.47 Å². The maximum Gasteiger partial charge on any atom is 0.319 e. The standard InChI is InChI=1S/C21H19FN2O3/c22-16-6-10-18(11-7-16)26-15-14-23-21(25)24-17-8-12-20(13-9-17)27-19-4-2-1-3-5-19/h1-13H,14-15H2,(H2,23,24,25). The molecule has 0 aromatic heterocycles. The molecule has 3 aromatic carbocycles. The summed E-state index contributed by atoms with van der Waals surface area (Å²) in [6.45, 7) is 0.599. The van der Waals surface area contributed by atoms with E-state index < -0.39 is 0 Å². The van der Waals surface area contributed by atoms with Gasteiger partial charge in [0.2, 0.25) is 0 Å². The predicted octanol–water partition coefficient (Wildman–Crippen LogP) is 4.82. The Bertz CT molecular complexity index is 853. The van der Waals surface area contributed by atoms with Gasteiger partial charge in [-0.3, -0.25) is 0 Å². The zero-order chi connectivity index (χ0) is 18.9. The normalized spacial score (nSPS) is 10.1. The molecule has 0 aliphatic carbocycles. The number of para-hydroxylation sites is 1. The molecular formula is C21H19FN2O3. The molecule has 27 heavy (non-hydrogen) atoms. The molecule has 3 rings (SSSR count). The van der Waals surface area contributed by atoms with Crippen molar-refractivity contribution in [3.05, 3.63) is 84.7 Å². The van der Waals surface area contributed by atoms with Crippen LogP contribution in [0.25, 0.3) is 0 Å². The van der Waals surface area contributed by atoms with Gasteiger partial charge in [-0.15, -0.1) is 0 Å². The van der Waals surface area contributed by atoms with Crippen molar-refractivity contribution in [3.8, 4) is 17.2 Å². The van der Waals surface area contributed by atoms with Crippen LogP contribution in [-0.4, -0.2) is 19.2 Å². The lowest BCUT2D eigenvalue weighted by Gasteiger charge is -2.10. The summed E-state index contributed by atoms with van der Waals surface area (Å²) in [5.41, 5.74) is 0.646. The lowest BCUT2D eigenvalue weighted by atomic mass is 10.3. The summed E-state index contributed by atoms with van der Waals surface area (Å²) in [5.74, 6) is 1.66. The van der Waals surface area contributed by atoms with Crippen LogP contribution in [-0.2, 0) is 0 Å². The van der Waals surface area contributed by atoms with Gasteiger partial charge in [-0.1, -0.05) is 18.2 Å². The fourth-order valence-electron chi connectivity index (χ4n) is 2.27. The number of hydrogen-bond donors (Lipinski definition) is 2. The Morgan fingerprint density at radius 2 is 1.44 bits per heavy atom. The highest BCUT2D eigenvalue weighted by molar-refractivity contribution is 5.89. The Kier molecular flexibility index (Phi) is 6.25. The SMILES string of the molecule is O=C(NCCOc1ccc(F)cc1)Nc1ccc(Oc2ccccc2)cc1. The molecule has 0 aliphatic heterocycles. The molecule has 2 amide bonds. The molecule has 0 saturated heterocycles. The van der Waals surface area contributed by atoms with Gasteiger partial charge in [-0.25, -0.2) is 9.18 Å². The summed E-state index contributed by atoms with van der Waals surface area (Å²) in [4.78, 5) is 11.9. The Balaban J connectivity index is 1.39. The quantitative estimate of drug-likeness (QED) is 0.590. The highest BCUT2D eigenvalue weighted by atomic mass is 19.1. The van der Waals surface area contributed by atoms with Crippen LogP contribution in [0.3, 0.4) is 0 Å². The van der Waals surface area contributed by atoms with Gasteiger partial charge >= 0.3 is 6.03 Å². The minimum atomic E-state index is -0.338. The molecular weight excluding hydrogens is 347 g/mol. The monoisotopic (exact) mass is 366 g/mol. The van der Waals surface area contributed by atoms with Crippen molar-refractivity contribution in [2.75, 3.05) is 18.5 Å². The van der Waals surface area contributed by atoms with E-state index in [0.717, 1.165) is 5.75 Å². The third-order valence-corrected chi connectivity index (χ3v) is 3.56. The van der Waals surface area contributed by atoms with E-state index in [1.165, 1.54) is 24.3 Å². The topological polar surface area (TPSA) is 59.6 Å². The van der Waals surface area contributed by atoms with Crippen LogP contribution in [0.5, 0.6) is 17.2 Å². The molecule has 6 heteroatoms. The van der Waals surface area contributed by atoms with Gasteiger partial charge in [-0.2, -0.15) is 0 Å². The number of nitrogens with one attached hydrogen (secondary N) is 2. The van der Waals surface area contributed by atoms with E-state index in [9.17, 15) is 9.18 Å². The second kappa shape index (κ2) is 9.24. The fraction of sp³-hybridized carbons (Fsp3) is 0.0952. The van der Waals surface area contributed by atoms with Crippen LogP contribution in [0.4, 0.5) is 14.9 Å². The van der Waals surface area contributed by atoms with Crippen LogP contribution >= 0.6 is 0 Å². The molecule has 3 aromatic rings. The van der Waals surface area contributed by atoms with Gasteiger partial charge in [0.15, 0.2) is 0 Å². The minimum absolute atomic E-state index is 0.281. The number of hydrogen-bond acceptors (Lipinski definition) is 3. The Hall–Kier alpha value is -3.54. The molecule has 0 fully saturated rings. The van der Waals surface area contributed by atoms with Gasteiger partial charge in [0.05, 0.1) is 6.54 Å². The molecule has 2 N–H and O–H groups in total. The molecule has 0 saturated carbocycles. The summed E-state index contributed by atoms with van der Waals surface area (Å²) < 4.78 is 23.9. The first kappa shape index (κ1) is 18.3. The first-order chi connectivity index (χ1) is 13.2. The predicted molar refractivity (Wildman–Crippen MR) is 102 cm³/mol. The summed E-state index contributed by atoms with van der Waals surface area (Å²) in [6.07, 6.45) is 0. The van der Waals surface area contributed by atoms with Crippen LogP contribution in [0, 0.1) is 5.82 Å². The smallest absolute Gasteiger partial charge is 0.319 e. The molecule has 0 heterocycles. The highest BCUT2D eigenvalue weighted by Gasteiger charge is 2.03. The van der Waals surface area contributed by atoms with Crippen molar-refractivity contribution < 1.29 is 18.7 Å². The van der Waals surface area contributed by atoms with E-state index >= 15 is 0 Å². The maximum absolute atomic E-state index is 12.8. The number of urea groups is 1. The number of halogens is 1. The van der Waals surface area contributed by atoms with E-state index in [1.54, 1.807) is 24.3 Å². The number of carbonyl (C=O) groups is 1. The number of carbonyl (C=O) groups excluding carboxylic acids is 1. The number of amides is 2. The number of ether oxygens (including phenoxy) is 2. The lowest BCUT2D eigenvalue weighted by Crippen LogP contribution is -2.32. The van der Waals surface area contributed by atoms with Crippen LogP contribution < -0.4 is 20.1 Å². The molecule has 0 atom stereocenters. The van der Waals surface area contributed by atoms with E-state index in [2.05, 4.69) is 10.6 Å². The van der Waals surface area contributed by atoms with Gasteiger partial charge in [0.1, 0.15) is 29.7 Å². The second-order valence-electron chi connectivity index (χ2n) is 5.62. The minimum Gasteiger partial charge on any atom is -0.492 e. The molecule has 0 aliphatic rings. The fourth-order valence-corrected chi connectivity index (χ4v) is 2.27. The van der Waals surface area contributed by atoms with E-state index in [-0.39, 0.29) is 18.5 Å². The van der Waals surface area contributed by atoms with Crippen LogP contribution in [0.15, 0.2) is 78.9 Å². The van der Waals surface area contributed by atoms with Gasteiger partial charge in [-0.05, 0) is 60.7 Å². The van der Waals surface area contributed by atoms with Crippen LogP contribution in [0.2, 0.25) is 0 Å². The zero-order valence-electron chi connectivity index (χ0n) is 14.5. The molecule has 0 spiro atoms. The van der Waals surface area contributed by atoms with Gasteiger partial charge in [0, 0.05) is 5.69 Å². The van der Waals surface area contributed by atoms with E-state index in [1.807, 2.05) is 30.3 Å². The van der Waals surface area contributed by atoms with E-state index in [0.29, 0.717) is 23.7 Å². The number of anilines is 1. The van der Waals surface area contributed by atoms with Crippen molar-refractivity contribution in [1.82, 2.24) is 5.32 Å². The first-order valence-corrected chi connectivity index (χ1v) is 8.45. The highest BCUT2D eigenvalue weighted by Crippen LogP contribution is 2.22. The Morgan fingerprint density at radius 3 is 2.15 bits per heavy atom. The van der Waals surface area contributed by atoms with Crippen LogP contribution in [0.1, 0.15) is 0 Å². The second-order valence-corrected chi connectivity index (χ2v) is 5.62. The average Bonchev–Trinajstić information content (AvgIpc) is 2.69. The Labute approximate surface area is 156 Å². The van der Waals surface area contributed by atoms with Crippen molar-refractivity contribution in [3.63, 3.8) is 0 Å². The summed E-state index contributed by atoms with van der Waals surface area (Å²) >= 11 is 0. The third-order valence-electron chi connectivity index (χ3n) is 3.56. The summed E-state index contributed by atoms with van der Waals surface area (Å²) in [6, 6.07) is 21.9. The first-order valence-electron chi connectivity index (χ1n) is 8.45. The lowest BCUT2D eigenvalue weighted by molar-refractivity contribution is 0.247. The molecule has 0 radical (unpaired) electrons. The summed E-state index contributed by atoms with van der Waals surface area (Å²) in [7, 11) is 0. The Morgan fingerprint density at radius 1 is 0.815 bits per heavy atom. The van der Waals surface area contributed by atoms with Gasteiger partial charge in [0.25, 0.3) is 0 Å². The third kappa shape index (κ3) is 6.04. The van der Waals surface area contributed by atoms with Crippen molar-refractivity contribution in [1.29, 1.82) is 0 Å². The average molecular weight is 366 g/mol. The van der Waals surface area contributed by atoms with Crippen molar-refractivity contribution in [2.24, 2.45) is 0 Å². The zero-order valence-corrected chi connectivity index (χ0v) is 14.5. The van der Waals surface area contributed by atoms with Gasteiger partial charge < -0.3 is 20.1 Å². The molecule has 0 unspecified atom stereocenters. The molecule has 138 valence electrons. The largest absolute Gasteiger partial charge is 0.492 e. The maximum atomic E-state index is 12.8. The number of rotatable bonds is 7. The number of benzene rings is 3. The molecule has 5 nitrogen and oxygen atoms in total. The van der Waals surface area contributed by atoms with Crippen molar-refractivity contribution >= 4 is 11.7 Å². The summed E-state index contributed by atoms with van der Waals surface area (Å²) in [5, 5.41) is 5.42. The van der Waals surface area contributed by atoms with Crippen molar-refractivity contribution in [2.45, 2.75) is 0 Å².